The molecule has 6 nitrogen and oxygen atoms in total. The molecule has 7 heteroatoms. The Morgan fingerprint density at radius 2 is 2.13 bits per heavy atom. The lowest BCUT2D eigenvalue weighted by Crippen LogP contribution is -2.38. The lowest BCUT2D eigenvalue weighted by atomic mass is 10.1. The van der Waals surface area contributed by atoms with Crippen LogP contribution in [0.3, 0.4) is 0 Å². The van der Waals surface area contributed by atoms with Gasteiger partial charge in [-0.1, -0.05) is 6.92 Å². The van der Waals surface area contributed by atoms with E-state index in [-0.39, 0.29) is 12.5 Å². The Labute approximate surface area is 145 Å². The van der Waals surface area contributed by atoms with Crippen LogP contribution in [-0.2, 0) is 16.1 Å². The van der Waals surface area contributed by atoms with Crippen molar-refractivity contribution in [2.24, 2.45) is 5.92 Å². The van der Waals surface area contributed by atoms with E-state index in [4.69, 9.17) is 9.84 Å². The molecule has 0 saturated carbocycles. The Bertz CT molecular complexity index is 530. The number of ether oxygens (including phenoxy) is 1. The zero-order valence-corrected chi connectivity index (χ0v) is 15.5. The van der Waals surface area contributed by atoms with Gasteiger partial charge in [0.05, 0.1) is 5.92 Å². The van der Waals surface area contributed by atoms with Gasteiger partial charge in [0, 0.05) is 43.5 Å². The molecule has 1 unspecified atom stereocenters. The van der Waals surface area contributed by atoms with E-state index < -0.39 is 11.9 Å². The third-order valence-electron chi connectivity index (χ3n) is 3.55. The fraction of sp³-hybridized carbons (Fsp3) is 0.625. The first-order valence-electron chi connectivity index (χ1n) is 7.86. The zero-order chi connectivity index (χ0) is 17.4. The van der Waals surface area contributed by atoms with Crippen molar-refractivity contribution in [1.82, 2.24) is 9.47 Å². The fourth-order valence-electron chi connectivity index (χ4n) is 2.26. The van der Waals surface area contributed by atoms with Gasteiger partial charge in [-0.25, -0.2) is 0 Å². The summed E-state index contributed by atoms with van der Waals surface area (Å²) in [6.07, 6.45) is 2.53. The maximum Gasteiger partial charge on any atom is 0.308 e. The molecule has 0 spiro atoms. The number of carbonyl (C=O) groups is 2. The molecular formula is C16H25BrN2O4. The predicted molar refractivity (Wildman–Crippen MR) is 91.6 cm³/mol. The van der Waals surface area contributed by atoms with Crippen LogP contribution >= 0.6 is 15.9 Å². The first-order chi connectivity index (χ1) is 10.9. The summed E-state index contributed by atoms with van der Waals surface area (Å²) in [6, 6.07) is 1.77. The molecule has 0 fully saturated rings. The van der Waals surface area contributed by atoms with Crippen LogP contribution in [0.5, 0.6) is 0 Å². The van der Waals surface area contributed by atoms with Gasteiger partial charge in [0.15, 0.2) is 0 Å². The van der Waals surface area contributed by atoms with Crippen LogP contribution in [0.2, 0.25) is 0 Å². The largest absolute Gasteiger partial charge is 0.481 e. The third-order valence-corrected chi connectivity index (χ3v) is 3.98. The molecule has 1 heterocycles. The van der Waals surface area contributed by atoms with Gasteiger partial charge >= 0.3 is 5.97 Å². The standard InChI is InChI=1S/C16H25BrN2O4/c1-4-18-11-13(17)9-14(18)15(20)19(7-6-8-23-5-2)10-12(3)16(21)22/h9,11-12H,4-8,10H2,1-3H3,(H,21,22). The maximum atomic E-state index is 12.8. The van der Waals surface area contributed by atoms with E-state index in [1.165, 1.54) is 0 Å². The lowest BCUT2D eigenvalue weighted by molar-refractivity contribution is -0.141. The van der Waals surface area contributed by atoms with Gasteiger partial charge in [0.1, 0.15) is 5.69 Å². The highest BCUT2D eigenvalue weighted by Gasteiger charge is 2.23. The van der Waals surface area contributed by atoms with E-state index in [0.717, 1.165) is 4.47 Å². The third kappa shape index (κ3) is 5.99. The van der Waals surface area contributed by atoms with Crippen molar-refractivity contribution >= 4 is 27.8 Å². The summed E-state index contributed by atoms with van der Waals surface area (Å²) < 4.78 is 7.99. The monoisotopic (exact) mass is 388 g/mol. The summed E-state index contributed by atoms with van der Waals surface area (Å²) in [5.41, 5.74) is 0.563. The second-order valence-electron chi connectivity index (χ2n) is 5.37. The second-order valence-corrected chi connectivity index (χ2v) is 6.29. The second kappa shape index (κ2) is 9.72. The van der Waals surface area contributed by atoms with Crippen molar-refractivity contribution in [2.45, 2.75) is 33.7 Å². The van der Waals surface area contributed by atoms with Crippen LogP contribution in [0.25, 0.3) is 0 Å². The van der Waals surface area contributed by atoms with Crippen molar-refractivity contribution in [3.8, 4) is 0 Å². The Hall–Kier alpha value is -1.34. The van der Waals surface area contributed by atoms with Gasteiger partial charge < -0.3 is 19.3 Å². The SMILES string of the molecule is CCOCCCN(CC(C)C(=O)O)C(=O)c1cc(Br)cn1CC. The van der Waals surface area contributed by atoms with E-state index in [1.54, 1.807) is 17.9 Å². The Kier molecular flexibility index (Phi) is 8.33. The summed E-state index contributed by atoms with van der Waals surface area (Å²) in [5.74, 6) is -1.67. The van der Waals surface area contributed by atoms with Gasteiger partial charge in [-0.3, -0.25) is 9.59 Å². The van der Waals surface area contributed by atoms with Crippen LogP contribution in [-0.4, -0.2) is 52.8 Å². The molecule has 1 rings (SSSR count). The number of aliphatic carboxylic acids is 1. The first-order valence-corrected chi connectivity index (χ1v) is 8.65. The molecular weight excluding hydrogens is 364 g/mol. The van der Waals surface area contributed by atoms with E-state index in [2.05, 4.69) is 15.9 Å². The van der Waals surface area contributed by atoms with E-state index in [9.17, 15) is 9.59 Å². The zero-order valence-electron chi connectivity index (χ0n) is 13.9. The molecule has 0 aliphatic carbocycles. The molecule has 0 radical (unpaired) electrons. The summed E-state index contributed by atoms with van der Waals surface area (Å²) >= 11 is 3.38. The van der Waals surface area contributed by atoms with Gasteiger partial charge in [0.25, 0.3) is 5.91 Å². The lowest BCUT2D eigenvalue weighted by Gasteiger charge is -2.25. The van der Waals surface area contributed by atoms with Crippen LogP contribution < -0.4 is 0 Å². The minimum atomic E-state index is -0.903. The van der Waals surface area contributed by atoms with Crippen LogP contribution in [0.4, 0.5) is 0 Å². The van der Waals surface area contributed by atoms with Gasteiger partial charge in [-0.15, -0.1) is 0 Å². The minimum Gasteiger partial charge on any atom is -0.481 e. The van der Waals surface area contributed by atoms with Gasteiger partial charge in [-0.2, -0.15) is 0 Å². The number of carboxylic acid groups (broad SMARTS) is 1. The summed E-state index contributed by atoms with van der Waals surface area (Å²) in [6.45, 7) is 8.01. The number of hydrogen-bond acceptors (Lipinski definition) is 3. The average Bonchev–Trinajstić information content (AvgIpc) is 2.90. The molecule has 1 N–H and O–H groups in total. The normalized spacial score (nSPS) is 12.2. The van der Waals surface area contributed by atoms with Crippen molar-refractivity contribution in [3.63, 3.8) is 0 Å². The van der Waals surface area contributed by atoms with E-state index in [1.807, 2.05) is 24.6 Å². The number of carbonyl (C=O) groups excluding carboxylic acids is 1. The van der Waals surface area contributed by atoms with Crippen LogP contribution in [0, 0.1) is 5.92 Å². The number of carboxylic acids is 1. The molecule has 130 valence electrons. The van der Waals surface area contributed by atoms with Crippen molar-refractivity contribution in [2.75, 3.05) is 26.3 Å². The predicted octanol–water partition coefficient (Wildman–Crippen LogP) is 2.86. The molecule has 0 bridgehead atoms. The molecule has 1 aromatic heterocycles. The van der Waals surface area contributed by atoms with E-state index >= 15 is 0 Å². The van der Waals surface area contributed by atoms with Crippen molar-refractivity contribution in [1.29, 1.82) is 0 Å². The smallest absolute Gasteiger partial charge is 0.308 e. The molecule has 1 aromatic rings. The number of nitrogens with zero attached hydrogens (tertiary/aromatic N) is 2. The number of amides is 1. The number of rotatable bonds is 10. The number of aryl methyl sites for hydroxylation is 1. The molecule has 0 aliphatic rings. The Balaban J connectivity index is 2.87. The van der Waals surface area contributed by atoms with E-state index in [0.29, 0.717) is 38.4 Å². The number of aromatic nitrogens is 1. The first kappa shape index (κ1) is 19.7. The minimum absolute atomic E-state index is 0.151. The highest BCUT2D eigenvalue weighted by Crippen LogP contribution is 2.17. The number of halogens is 1. The van der Waals surface area contributed by atoms with Gasteiger partial charge in [-0.05, 0) is 42.3 Å². The van der Waals surface area contributed by atoms with Crippen molar-refractivity contribution in [3.05, 3.63) is 22.4 Å². The van der Waals surface area contributed by atoms with Crippen LogP contribution in [0.15, 0.2) is 16.7 Å². The topological polar surface area (TPSA) is 71.8 Å². The molecule has 1 amide bonds. The summed E-state index contributed by atoms with van der Waals surface area (Å²) in [7, 11) is 0. The molecule has 23 heavy (non-hydrogen) atoms. The molecule has 0 aromatic carbocycles. The Morgan fingerprint density at radius 1 is 1.43 bits per heavy atom. The van der Waals surface area contributed by atoms with Crippen molar-refractivity contribution < 1.29 is 19.4 Å². The summed E-state index contributed by atoms with van der Waals surface area (Å²) in [5, 5.41) is 9.12. The quantitative estimate of drug-likeness (QED) is 0.625. The number of hydrogen-bond donors (Lipinski definition) is 1. The summed E-state index contributed by atoms with van der Waals surface area (Å²) in [4.78, 5) is 25.5. The highest BCUT2D eigenvalue weighted by molar-refractivity contribution is 9.10. The fourth-order valence-corrected chi connectivity index (χ4v) is 2.73. The Morgan fingerprint density at radius 3 is 2.70 bits per heavy atom. The maximum absolute atomic E-state index is 12.8. The van der Waals surface area contributed by atoms with Gasteiger partial charge in [0.2, 0.25) is 0 Å². The molecule has 0 aliphatic heterocycles. The molecule has 0 saturated heterocycles. The average molecular weight is 389 g/mol. The van der Waals surface area contributed by atoms with Crippen LogP contribution in [0.1, 0.15) is 37.7 Å². The highest BCUT2D eigenvalue weighted by atomic mass is 79.9. The molecule has 1 atom stereocenters.